The van der Waals surface area contributed by atoms with Gasteiger partial charge in [-0.1, -0.05) is 47.7 Å². The number of aliphatic carboxylic acids is 1. The second-order valence-electron chi connectivity index (χ2n) is 7.32. The third kappa shape index (κ3) is 3.00. The molecule has 3 heterocycles. The topological polar surface area (TPSA) is 90.0 Å². The first-order chi connectivity index (χ1) is 14.5. The van der Waals surface area contributed by atoms with E-state index in [2.05, 4.69) is 34.6 Å². The summed E-state index contributed by atoms with van der Waals surface area (Å²) in [6.45, 7) is 0. The van der Waals surface area contributed by atoms with E-state index in [4.69, 9.17) is 0 Å². The maximum absolute atomic E-state index is 12.9. The summed E-state index contributed by atoms with van der Waals surface area (Å²) in [7, 11) is 1.78. The van der Waals surface area contributed by atoms with Crippen molar-refractivity contribution in [1.29, 1.82) is 0 Å². The first kappa shape index (κ1) is 18.6. The highest BCUT2D eigenvalue weighted by Crippen LogP contribution is 2.41. The molecule has 1 aliphatic heterocycles. The Bertz CT molecular complexity index is 1350. The van der Waals surface area contributed by atoms with Crippen molar-refractivity contribution < 1.29 is 9.90 Å². The van der Waals surface area contributed by atoms with Gasteiger partial charge in [-0.2, -0.15) is 0 Å². The lowest BCUT2D eigenvalue weighted by Crippen LogP contribution is -2.29. The highest BCUT2D eigenvalue weighted by atomic mass is 32.2. The van der Waals surface area contributed by atoms with Crippen molar-refractivity contribution in [3.63, 3.8) is 0 Å². The molecule has 0 saturated carbocycles. The van der Waals surface area contributed by atoms with E-state index in [1.54, 1.807) is 24.0 Å². The third-order valence-corrected chi connectivity index (χ3v) is 6.54. The van der Waals surface area contributed by atoms with E-state index in [-0.39, 0.29) is 5.56 Å². The van der Waals surface area contributed by atoms with Gasteiger partial charge in [0.1, 0.15) is 11.7 Å². The largest absolute Gasteiger partial charge is 0.480 e. The third-order valence-electron chi connectivity index (χ3n) is 5.38. The molecule has 7 nitrogen and oxygen atoms in total. The van der Waals surface area contributed by atoms with Crippen molar-refractivity contribution in [2.45, 2.75) is 17.5 Å². The van der Waals surface area contributed by atoms with E-state index >= 15 is 0 Å². The number of aromatic nitrogens is 4. The number of rotatable bonds is 4. The van der Waals surface area contributed by atoms with E-state index in [1.807, 2.05) is 18.2 Å². The number of fused-ring (bicyclic) bond motifs is 2. The number of carbonyl (C=O) groups is 1. The zero-order chi connectivity index (χ0) is 20.8. The molecule has 2 aromatic carbocycles. The molecular formula is C22H18N4O3S. The minimum absolute atomic E-state index is 0.301. The molecule has 2 aromatic heterocycles. The summed E-state index contributed by atoms with van der Waals surface area (Å²) >= 11 is 1.38. The summed E-state index contributed by atoms with van der Waals surface area (Å²) in [5.74, 6) is -0.689. The number of carboxylic acids is 1. The lowest BCUT2D eigenvalue weighted by Gasteiger charge is -2.16. The van der Waals surface area contributed by atoms with Gasteiger partial charge in [-0.3, -0.25) is 14.0 Å². The molecule has 1 N–H and O–H groups in total. The normalized spacial score (nSPS) is 15.4. The molecule has 0 spiro atoms. The van der Waals surface area contributed by atoms with Gasteiger partial charge in [0.05, 0.1) is 11.2 Å². The molecule has 8 heteroatoms. The fourth-order valence-electron chi connectivity index (χ4n) is 4.03. The van der Waals surface area contributed by atoms with Gasteiger partial charge in [-0.15, -0.1) is 16.9 Å². The van der Waals surface area contributed by atoms with Crippen LogP contribution in [0.5, 0.6) is 0 Å². The molecule has 0 aliphatic carbocycles. The van der Waals surface area contributed by atoms with Crippen molar-refractivity contribution in [3.8, 4) is 11.3 Å². The average Bonchev–Trinajstić information content (AvgIpc) is 3.36. The first-order valence-corrected chi connectivity index (χ1v) is 10.5. The predicted octanol–water partition coefficient (Wildman–Crippen LogP) is 3.12. The Balaban J connectivity index is 1.73. The molecule has 5 rings (SSSR count). The molecule has 0 radical (unpaired) electrons. The Labute approximate surface area is 176 Å². The molecule has 30 heavy (non-hydrogen) atoms. The highest BCUT2D eigenvalue weighted by molar-refractivity contribution is 7.99. The van der Waals surface area contributed by atoms with Gasteiger partial charge in [0.25, 0.3) is 5.56 Å². The molecule has 0 unspecified atom stereocenters. The maximum Gasteiger partial charge on any atom is 0.327 e. The van der Waals surface area contributed by atoms with Gasteiger partial charge >= 0.3 is 5.97 Å². The molecule has 0 saturated heterocycles. The van der Waals surface area contributed by atoms with Crippen molar-refractivity contribution in [2.24, 2.45) is 7.05 Å². The predicted molar refractivity (Wildman–Crippen MR) is 115 cm³/mol. The zero-order valence-electron chi connectivity index (χ0n) is 16.1. The van der Waals surface area contributed by atoms with E-state index in [0.29, 0.717) is 22.9 Å². The van der Waals surface area contributed by atoms with Gasteiger partial charge in [0.15, 0.2) is 0 Å². The molecule has 0 fully saturated rings. The molecule has 4 aromatic rings. The Hall–Kier alpha value is -3.39. The second-order valence-corrected chi connectivity index (χ2v) is 8.32. The Morgan fingerprint density at radius 3 is 2.77 bits per heavy atom. The molecule has 0 bridgehead atoms. The van der Waals surface area contributed by atoms with Gasteiger partial charge in [-0.25, -0.2) is 4.79 Å². The number of aryl methyl sites for hydroxylation is 1. The van der Waals surface area contributed by atoms with Crippen molar-refractivity contribution in [3.05, 3.63) is 76.2 Å². The minimum Gasteiger partial charge on any atom is -0.480 e. The number of benzene rings is 2. The summed E-state index contributed by atoms with van der Waals surface area (Å²) in [6, 6.07) is 14.9. The van der Waals surface area contributed by atoms with E-state index in [9.17, 15) is 14.7 Å². The van der Waals surface area contributed by atoms with Crippen LogP contribution in [0.2, 0.25) is 0 Å². The van der Waals surface area contributed by atoms with Crippen molar-refractivity contribution in [2.75, 3.05) is 5.75 Å². The molecule has 0 amide bonds. The van der Waals surface area contributed by atoms with Crippen LogP contribution < -0.4 is 5.56 Å². The maximum atomic E-state index is 12.9. The van der Waals surface area contributed by atoms with Crippen LogP contribution >= 0.6 is 11.8 Å². The number of thioether (sulfide) groups is 1. The standard InChI is InChI=1S/C22H18N4O3S/c1-25-11-17(23-24-25)20-15(9-14-7-4-6-13-5-2-3-8-16(13)14)10-19(27)26-18(22(28)29)12-30-21(20)26/h2-8,10-11,18H,9,12H2,1H3,(H,28,29)/t18-/m0/s1. The molecular weight excluding hydrogens is 400 g/mol. The fraction of sp³-hybridized carbons (Fsp3) is 0.182. The van der Waals surface area contributed by atoms with Crippen LogP contribution in [0, 0.1) is 0 Å². The summed E-state index contributed by atoms with van der Waals surface area (Å²) < 4.78 is 2.98. The zero-order valence-corrected chi connectivity index (χ0v) is 17.0. The summed E-state index contributed by atoms with van der Waals surface area (Å²) in [5, 5.41) is 20.8. The number of hydrogen-bond donors (Lipinski definition) is 1. The Kier molecular flexibility index (Phi) is 4.43. The fourth-order valence-corrected chi connectivity index (χ4v) is 5.37. The summed E-state index contributed by atoms with van der Waals surface area (Å²) in [5.41, 5.74) is 3.03. The van der Waals surface area contributed by atoms with Gasteiger partial charge in [0, 0.05) is 24.4 Å². The summed E-state index contributed by atoms with van der Waals surface area (Å²) in [4.78, 5) is 24.6. The smallest absolute Gasteiger partial charge is 0.327 e. The van der Waals surface area contributed by atoms with Gasteiger partial charge in [0.2, 0.25) is 0 Å². The molecule has 1 aliphatic rings. The van der Waals surface area contributed by atoms with Crippen molar-refractivity contribution >= 4 is 28.5 Å². The quantitative estimate of drug-likeness (QED) is 0.548. The van der Waals surface area contributed by atoms with Crippen LogP contribution in [0.1, 0.15) is 17.2 Å². The van der Waals surface area contributed by atoms with Crippen LogP contribution in [0.25, 0.3) is 22.0 Å². The van der Waals surface area contributed by atoms with Crippen LogP contribution in [0.15, 0.2) is 64.5 Å². The lowest BCUT2D eigenvalue weighted by molar-refractivity contribution is -0.140. The van der Waals surface area contributed by atoms with E-state index in [1.165, 1.54) is 16.3 Å². The van der Waals surface area contributed by atoms with Crippen LogP contribution in [-0.2, 0) is 18.3 Å². The number of hydrogen-bond acceptors (Lipinski definition) is 5. The summed E-state index contributed by atoms with van der Waals surface area (Å²) in [6.07, 6.45) is 2.33. The molecule has 150 valence electrons. The molecule has 1 atom stereocenters. The Morgan fingerprint density at radius 1 is 1.20 bits per heavy atom. The highest BCUT2D eigenvalue weighted by Gasteiger charge is 2.33. The van der Waals surface area contributed by atoms with Crippen LogP contribution in [0.3, 0.4) is 0 Å². The number of pyridine rings is 1. The SMILES string of the molecule is Cn1cc(-c2c(Cc3cccc4ccccc34)cc(=O)n3c2SC[C@H]3C(=O)O)nn1. The number of carboxylic acid groups (broad SMARTS) is 1. The Morgan fingerprint density at radius 2 is 2.00 bits per heavy atom. The second kappa shape index (κ2) is 7.14. The average molecular weight is 418 g/mol. The van der Waals surface area contributed by atoms with Crippen LogP contribution in [-0.4, -0.2) is 36.4 Å². The lowest BCUT2D eigenvalue weighted by atomic mass is 9.95. The number of nitrogens with zero attached hydrogens (tertiary/aromatic N) is 4. The van der Waals surface area contributed by atoms with Crippen LogP contribution in [0.4, 0.5) is 0 Å². The van der Waals surface area contributed by atoms with E-state index in [0.717, 1.165) is 27.5 Å². The van der Waals surface area contributed by atoms with Gasteiger partial charge < -0.3 is 5.11 Å². The first-order valence-electron chi connectivity index (χ1n) is 9.50. The van der Waals surface area contributed by atoms with E-state index < -0.39 is 12.0 Å². The van der Waals surface area contributed by atoms with Gasteiger partial charge in [-0.05, 0) is 28.3 Å². The monoisotopic (exact) mass is 418 g/mol. The van der Waals surface area contributed by atoms with Crippen molar-refractivity contribution in [1.82, 2.24) is 19.6 Å². The minimum atomic E-state index is -1.00.